The molecule has 0 saturated carbocycles. The lowest BCUT2D eigenvalue weighted by molar-refractivity contribution is -0.143. The minimum Gasteiger partial charge on any atom is -0.466 e. The van der Waals surface area contributed by atoms with Crippen molar-refractivity contribution in [3.8, 4) is 0 Å². The van der Waals surface area contributed by atoms with Crippen LogP contribution in [0, 0.1) is 0 Å². The summed E-state index contributed by atoms with van der Waals surface area (Å²) in [6, 6.07) is 5.01. The van der Waals surface area contributed by atoms with Gasteiger partial charge in [0.15, 0.2) is 0 Å². The molecular formula is C14H18Cl2O3S. The zero-order chi connectivity index (χ0) is 15.0. The van der Waals surface area contributed by atoms with Crippen molar-refractivity contribution in [2.24, 2.45) is 0 Å². The largest absolute Gasteiger partial charge is 0.466 e. The van der Waals surface area contributed by atoms with Gasteiger partial charge in [-0.15, -0.1) is 0 Å². The molecule has 0 aliphatic rings. The Morgan fingerprint density at radius 3 is 2.60 bits per heavy atom. The van der Waals surface area contributed by atoms with Gasteiger partial charge in [0, 0.05) is 17.1 Å². The van der Waals surface area contributed by atoms with Gasteiger partial charge in [0.05, 0.1) is 27.5 Å². The third-order valence-electron chi connectivity index (χ3n) is 2.67. The lowest BCUT2D eigenvalue weighted by atomic mass is 10.2. The molecule has 20 heavy (non-hydrogen) atoms. The summed E-state index contributed by atoms with van der Waals surface area (Å²) in [7, 11) is -1.08. The average molecular weight is 337 g/mol. The molecule has 1 aromatic rings. The number of carbonyl (C=O) groups excluding carboxylic acids is 1. The molecule has 0 aromatic heterocycles. The number of hydrogen-bond acceptors (Lipinski definition) is 3. The molecule has 0 heterocycles. The van der Waals surface area contributed by atoms with Crippen LogP contribution in [0.25, 0.3) is 0 Å². The first-order chi connectivity index (χ1) is 9.54. The van der Waals surface area contributed by atoms with Gasteiger partial charge in [-0.1, -0.05) is 29.6 Å². The Morgan fingerprint density at radius 1 is 1.20 bits per heavy atom. The number of carbonyl (C=O) groups is 1. The van der Waals surface area contributed by atoms with E-state index in [1.165, 1.54) is 0 Å². The van der Waals surface area contributed by atoms with Crippen LogP contribution in [-0.2, 0) is 20.3 Å². The van der Waals surface area contributed by atoms with E-state index in [-0.39, 0.29) is 5.97 Å². The molecule has 0 aliphatic carbocycles. The molecule has 0 N–H and O–H groups in total. The van der Waals surface area contributed by atoms with Crippen LogP contribution in [0.3, 0.4) is 0 Å². The topological polar surface area (TPSA) is 43.4 Å². The fraction of sp³-hybridized carbons (Fsp3) is 0.500. The SMILES string of the molecule is CCOC(=O)CCCCCS(=O)c1ccc(Cl)c(Cl)c1. The Balaban J connectivity index is 2.26. The summed E-state index contributed by atoms with van der Waals surface area (Å²) in [5.41, 5.74) is 0. The molecule has 3 nitrogen and oxygen atoms in total. The van der Waals surface area contributed by atoms with Crippen molar-refractivity contribution in [2.75, 3.05) is 12.4 Å². The molecule has 1 rings (SSSR count). The summed E-state index contributed by atoms with van der Waals surface area (Å²) in [6.45, 7) is 2.21. The predicted octanol–water partition coefficient (Wildman–Crippen LogP) is 4.22. The average Bonchev–Trinajstić information content (AvgIpc) is 2.41. The molecule has 6 heteroatoms. The van der Waals surface area contributed by atoms with Gasteiger partial charge in [0.25, 0.3) is 0 Å². The first kappa shape index (κ1) is 17.5. The maximum atomic E-state index is 12.0. The second-order valence-electron chi connectivity index (χ2n) is 4.24. The fourth-order valence-corrected chi connectivity index (χ4v) is 3.18. The zero-order valence-corrected chi connectivity index (χ0v) is 13.7. The number of esters is 1. The molecule has 0 saturated heterocycles. The van der Waals surface area contributed by atoms with E-state index in [4.69, 9.17) is 27.9 Å². The van der Waals surface area contributed by atoms with Crippen LogP contribution in [-0.4, -0.2) is 22.5 Å². The monoisotopic (exact) mass is 336 g/mol. The lowest BCUT2D eigenvalue weighted by Crippen LogP contribution is -2.04. The third kappa shape index (κ3) is 6.25. The number of ether oxygens (including phenoxy) is 1. The van der Waals surface area contributed by atoms with Gasteiger partial charge >= 0.3 is 5.97 Å². The molecule has 0 spiro atoms. The Morgan fingerprint density at radius 2 is 1.95 bits per heavy atom. The van der Waals surface area contributed by atoms with Gasteiger partial charge < -0.3 is 4.74 Å². The summed E-state index contributed by atoms with van der Waals surface area (Å²) < 4.78 is 16.9. The minimum absolute atomic E-state index is 0.168. The van der Waals surface area contributed by atoms with E-state index in [9.17, 15) is 9.00 Å². The third-order valence-corrected chi connectivity index (χ3v) is 4.85. The van der Waals surface area contributed by atoms with Gasteiger partial charge in [-0.25, -0.2) is 0 Å². The molecule has 1 aromatic carbocycles. The smallest absolute Gasteiger partial charge is 0.305 e. The summed E-state index contributed by atoms with van der Waals surface area (Å²) in [4.78, 5) is 11.8. The second kappa shape index (κ2) is 9.37. The molecule has 0 aliphatic heterocycles. The van der Waals surface area contributed by atoms with Gasteiger partial charge in [-0.05, 0) is 38.0 Å². The van der Waals surface area contributed by atoms with Crippen LogP contribution < -0.4 is 0 Å². The maximum absolute atomic E-state index is 12.0. The van der Waals surface area contributed by atoms with Gasteiger partial charge in [0.2, 0.25) is 0 Å². The molecule has 1 atom stereocenters. The zero-order valence-electron chi connectivity index (χ0n) is 11.4. The van der Waals surface area contributed by atoms with E-state index >= 15 is 0 Å². The lowest BCUT2D eigenvalue weighted by Gasteiger charge is -2.04. The standard InChI is InChI=1S/C14H18Cl2O3S/c1-2-19-14(17)6-4-3-5-9-20(18)11-7-8-12(15)13(16)10-11/h7-8,10H,2-6,9H2,1H3. The Bertz CT molecular complexity index is 477. The quantitative estimate of drug-likeness (QED) is 0.527. The van der Waals surface area contributed by atoms with Crippen molar-refractivity contribution in [3.63, 3.8) is 0 Å². The predicted molar refractivity (Wildman–Crippen MR) is 82.8 cm³/mol. The van der Waals surface area contributed by atoms with Crippen LogP contribution in [0.15, 0.2) is 23.1 Å². The highest BCUT2D eigenvalue weighted by molar-refractivity contribution is 7.85. The maximum Gasteiger partial charge on any atom is 0.305 e. The van der Waals surface area contributed by atoms with Crippen molar-refractivity contribution in [1.82, 2.24) is 0 Å². The summed E-state index contributed by atoms with van der Waals surface area (Å²) in [5.74, 6) is 0.388. The van der Waals surface area contributed by atoms with Crippen LogP contribution in [0.4, 0.5) is 0 Å². The Kier molecular flexibility index (Phi) is 8.19. The highest BCUT2D eigenvalue weighted by Crippen LogP contribution is 2.24. The molecule has 0 bridgehead atoms. The van der Waals surface area contributed by atoms with Crippen molar-refractivity contribution >= 4 is 40.0 Å². The van der Waals surface area contributed by atoms with E-state index in [0.29, 0.717) is 33.7 Å². The van der Waals surface area contributed by atoms with Crippen molar-refractivity contribution in [3.05, 3.63) is 28.2 Å². The summed E-state index contributed by atoms with van der Waals surface area (Å²) >= 11 is 11.7. The molecule has 0 radical (unpaired) electrons. The van der Waals surface area contributed by atoms with Gasteiger partial charge in [0.1, 0.15) is 0 Å². The number of unbranched alkanes of at least 4 members (excludes halogenated alkanes) is 2. The molecule has 112 valence electrons. The van der Waals surface area contributed by atoms with E-state index in [1.54, 1.807) is 25.1 Å². The number of benzene rings is 1. The second-order valence-corrected chi connectivity index (χ2v) is 6.63. The number of rotatable bonds is 8. The van der Waals surface area contributed by atoms with E-state index in [0.717, 1.165) is 19.3 Å². The van der Waals surface area contributed by atoms with Crippen molar-refractivity contribution < 1.29 is 13.7 Å². The number of hydrogen-bond donors (Lipinski definition) is 0. The number of halogens is 2. The van der Waals surface area contributed by atoms with Crippen molar-refractivity contribution in [1.29, 1.82) is 0 Å². The normalized spacial score (nSPS) is 12.2. The first-order valence-electron chi connectivity index (χ1n) is 6.53. The minimum atomic E-state index is -1.08. The Labute approximate surface area is 132 Å². The van der Waals surface area contributed by atoms with Gasteiger partial charge in [-0.3, -0.25) is 9.00 Å². The van der Waals surface area contributed by atoms with E-state index < -0.39 is 10.8 Å². The fourth-order valence-electron chi connectivity index (χ4n) is 1.65. The van der Waals surface area contributed by atoms with E-state index in [2.05, 4.69) is 0 Å². The first-order valence-corrected chi connectivity index (χ1v) is 8.61. The van der Waals surface area contributed by atoms with Crippen LogP contribution in [0.2, 0.25) is 10.0 Å². The van der Waals surface area contributed by atoms with E-state index in [1.807, 2.05) is 0 Å². The van der Waals surface area contributed by atoms with Crippen molar-refractivity contribution in [2.45, 2.75) is 37.5 Å². The molecular weight excluding hydrogens is 319 g/mol. The Hall–Kier alpha value is -0.580. The van der Waals surface area contributed by atoms with Crippen LogP contribution in [0.5, 0.6) is 0 Å². The van der Waals surface area contributed by atoms with Crippen LogP contribution in [0.1, 0.15) is 32.6 Å². The summed E-state index contributed by atoms with van der Waals surface area (Å²) in [5, 5.41) is 0.877. The molecule has 0 amide bonds. The highest BCUT2D eigenvalue weighted by atomic mass is 35.5. The van der Waals surface area contributed by atoms with Crippen LogP contribution >= 0.6 is 23.2 Å². The highest BCUT2D eigenvalue weighted by Gasteiger charge is 2.07. The molecule has 0 fully saturated rings. The molecule has 1 unspecified atom stereocenters. The summed E-state index contributed by atoms with van der Waals surface area (Å²) in [6.07, 6.45) is 2.84. The van der Waals surface area contributed by atoms with Gasteiger partial charge in [-0.2, -0.15) is 0 Å².